The second-order valence-corrected chi connectivity index (χ2v) is 4.83. The van der Waals surface area contributed by atoms with Gasteiger partial charge in [-0.2, -0.15) is 0 Å². The minimum absolute atomic E-state index is 0.164. The number of carbonyl (C=O) groups is 3. The zero-order valence-corrected chi connectivity index (χ0v) is 11.3. The summed E-state index contributed by atoms with van der Waals surface area (Å²) < 4.78 is 0.742. The van der Waals surface area contributed by atoms with Gasteiger partial charge in [0, 0.05) is 4.47 Å². The number of nitrogens with zero attached hydrogens (tertiary/aromatic N) is 1. The minimum atomic E-state index is -1.05. The van der Waals surface area contributed by atoms with E-state index >= 15 is 0 Å². The van der Waals surface area contributed by atoms with Gasteiger partial charge in [-0.05, 0) is 17.7 Å². The van der Waals surface area contributed by atoms with E-state index in [-0.39, 0.29) is 6.54 Å². The smallest absolute Gasteiger partial charge is 0.277 e. The zero-order chi connectivity index (χ0) is 14.0. The predicted octanol–water partition coefficient (Wildman–Crippen LogP) is 1.24. The molecule has 1 fully saturated rings. The Morgan fingerprint density at radius 1 is 1.37 bits per heavy atom. The lowest BCUT2D eigenvalue weighted by atomic mass is 9.95. The highest BCUT2D eigenvalue weighted by Gasteiger charge is 2.40. The van der Waals surface area contributed by atoms with Crippen molar-refractivity contribution in [2.75, 3.05) is 6.54 Å². The number of imide groups is 2. The van der Waals surface area contributed by atoms with Gasteiger partial charge in [-0.15, -0.1) is 6.42 Å². The van der Waals surface area contributed by atoms with Gasteiger partial charge in [0.05, 0.1) is 6.54 Å². The Kier molecular flexibility index (Phi) is 3.67. The van der Waals surface area contributed by atoms with Crippen LogP contribution < -0.4 is 5.32 Å². The molecule has 0 radical (unpaired) electrons. The SMILES string of the molecule is C#CCN1C(=O)NC(=O)C(c2cccc(Br)c2)C1=O. The molecule has 4 amide bonds. The average molecular weight is 321 g/mol. The first-order valence-corrected chi connectivity index (χ1v) is 6.19. The van der Waals surface area contributed by atoms with Crippen molar-refractivity contribution in [2.45, 2.75) is 5.92 Å². The number of halogens is 1. The standard InChI is InChI=1S/C13H9BrN2O3/c1-2-6-16-12(18)10(11(17)15-13(16)19)8-4-3-5-9(14)7-8/h1,3-5,7,10H,6H2,(H,15,17,19). The van der Waals surface area contributed by atoms with Crippen LogP contribution in [0, 0.1) is 12.3 Å². The van der Waals surface area contributed by atoms with Crippen LogP contribution in [0.5, 0.6) is 0 Å². The molecule has 0 aliphatic carbocycles. The Balaban J connectivity index is 2.39. The van der Waals surface area contributed by atoms with Gasteiger partial charge in [-0.3, -0.25) is 19.8 Å². The van der Waals surface area contributed by atoms with Crippen LogP contribution in [0.2, 0.25) is 0 Å². The van der Waals surface area contributed by atoms with Gasteiger partial charge in [-0.1, -0.05) is 34.0 Å². The van der Waals surface area contributed by atoms with Crippen LogP contribution in [-0.4, -0.2) is 29.3 Å². The molecule has 1 atom stereocenters. The molecule has 1 N–H and O–H groups in total. The number of amides is 4. The Bertz CT molecular complexity index is 606. The molecule has 1 saturated heterocycles. The number of rotatable bonds is 2. The molecular formula is C13H9BrN2O3. The van der Waals surface area contributed by atoms with Crippen molar-refractivity contribution in [3.63, 3.8) is 0 Å². The molecule has 0 spiro atoms. The van der Waals surface area contributed by atoms with Gasteiger partial charge in [-0.25, -0.2) is 4.79 Å². The van der Waals surface area contributed by atoms with E-state index in [2.05, 4.69) is 27.2 Å². The van der Waals surface area contributed by atoms with Gasteiger partial charge in [0.2, 0.25) is 11.8 Å². The highest BCUT2D eigenvalue weighted by atomic mass is 79.9. The number of nitrogens with one attached hydrogen (secondary N) is 1. The summed E-state index contributed by atoms with van der Waals surface area (Å²) in [4.78, 5) is 36.4. The maximum atomic E-state index is 12.2. The average Bonchev–Trinajstić information content (AvgIpc) is 2.34. The van der Waals surface area contributed by atoms with Crippen LogP contribution in [-0.2, 0) is 9.59 Å². The number of hydrogen-bond donors (Lipinski definition) is 1. The summed E-state index contributed by atoms with van der Waals surface area (Å²) in [5.74, 6) is -0.0764. The van der Waals surface area contributed by atoms with Gasteiger partial charge in [0.1, 0.15) is 5.92 Å². The molecule has 2 rings (SSSR count). The first-order valence-electron chi connectivity index (χ1n) is 5.39. The molecule has 1 aliphatic rings. The van der Waals surface area contributed by atoms with Crippen molar-refractivity contribution in [2.24, 2.45) is 0 Å². The summed E-state index contributed by atoms with van der Waals surface area (Å²) >= 11 is 3.27. The molecule has 1 heterocycles. The fourth-order valence-corrected chi connectivity index (χ4v) is 2.25. The molecule has 1 aliphatic heterocycles. The summed E-state index contributed by atoms with van der Waals surface area (Å²) in [6.45, 7) is -0.164. The lowest BCUT2D eigenvalue weighted by molar-refractivity contribution is -0.138. The molecule has 19 heavy (non-hydrogen) atoms. The number of hydrogen-bond acceptors (Lipinski definition) is 3. The van der Waals surface area contributed by atoms with E-state index in [1.165, 1.54) is 0 Å². The fraction of sp³-hybridized carbons (Fsp3) is 0.154. The Hall–Kier alpha value is -2.13. The quantitative estimate of drug-likeness (QED) is 0.658. The molecule has 0 aromatic heterocycles. The number of carbonyl (C=O) groups excluding carboxylic acids is 3. The highest BCUT2D eigenvalue weighted by molar-refractivity contribution is 9.10. The second kappa shape index (κ2) is 5.24. The lowest BCUT2D eigenvalue weighted by Crippen LogP contribution is -2.56. The van der Waals surface area contributed by atoms with E-state index in [0.29, 0.717) is 5.56 Å². The molecular weight excluding hydrogens is 312 g/mol. The number of benzene rings is 1. The van der Waals surface area contributed by atoms with Crippen LogP contribution in [0.4, 0.5) is 4.79 Å². The third kappa shape index (κ3) is 2.51. The molecule has 1 aromatic rings. The van der Waals surface area contributed by atoms with Crippen molar-refractivity contribution >= 4 is 33.8 Å². The normalized spacial score (nSPS) is 19.1. The molecule has 0 bridgehead atoms. The van der Waals surface area contributed by atoms with Crippen molar-refractivity contribution in [1.29, 1.82) is 0 Å². The molecule has 5 nitrogen and oxygen atoms in total. The summed E-state index contributed by atoms with van der Waals surface area (Å²) in [6.07, 6.45) is 5.11. The van der Waals surface area contributed by atoms with E-state index in [1.807, 2.05) is 0 Å². The van der Waals surface area contributed by atoms with Crippen LogP contribution in [0.1, 0.15) is 11.5 Å². The Morgan fingerprint density at radius 2 is 2.11 bits per heavy atom. The molecule has 6 heteroatoms. The summed E-state index contributed by atoms with van der Waals surface area (Å²) in [7, 11) is 0. The van der Waals surface area contributed by atoms with Crippen molar-refractivity contribution in [1.82, 2.24) is 10.2 Å². The first kappa shape index (κ1) is 13.3. The number of urea groups is 1. The van der Waals surface area contributed by atoms with Crippen molar-refractivity contribution < 1.29 is 14.4 Å². The third-order valence-electron chi connectivity index (χ3n) is 2.68. The van der Waals surface area contributed by atoms with E-state index in [9.17, 15) is 14.4 Å². The van der Waals surface area contributed by atoms with E-state index in [4.69, 9.17) is 6.42 Å². The van der Waals surface area contributed by atoms with Crippen LogP contribution >= 0.6 is 15.9 Å². The molecule has 1 unspecified atom stereocenters. The lowest BCUT2D eigenvalue weighted by Gasteiger charge is -2.29. The van der Waals surface area contributed by atoms with E-state index in [1.54, 1.807) is 24.3 Å². The summed E-state index contributed by atoms with van der Waals surface area (Å²) in [5.41, 5.74) is 0.506. The molecule has 1 aromatic carbocycles. The largest absolute Gasteiger partial charge is 0.331 e. The van der Waals surface area contributed by atoms with Gasteiger partial charge in [0.25, 0.3) is 0 Å². The van der Waals surface area contributed by atoms with Crippen molar-refractivity contribution in [3.05, 3.63) is 34.3 Å². The highest BCUT2D eigenvalue weighted by Crippen LogP contribution is 2.24. The number of terminal acetylenes is 1. The zero-order valence-electron chi connectivity index (χ0n) is 9.72. The predicted molar refractivity (Wildman–Crippen MR) is 71.0 cm³/mol. The Morgan fingerprint density at radius 3 is 2.74 bits per heavy atom. The first-order chi connectivity index (χ1) is 9.04. The number of barbiturate groups is 1. The Labute approximate surface area is 118 Å². The van der Waals surface area contributed by atoms with E-state index in [0.717, 1.165) is 9.37 Å². The van der Waals surface area contributed by atoms with Gasteiger partial charge >= 0.3 is 6.03 Å². The monoisotopic (exact) mass is 320 g/mol. The summed E-state index contributed by atoms with van der Waals surface area (Å²) in [6, 6.07) is 6.02. The van der Waals surface area contributed by atoms with Crippen LogP contribution in [0.25, 0.3) is 0 Å². The van der Waals surface area contributed by atoms with E-state index < -0.39 is 23.8 Å². The fourth-order valence-electron chi connectivity index (χ4n) is 1.83. The maximum Gasteiger partial charge on any atom is 0.331 e. The van der Waals surface area contributed by atoms with Crippen LogP contribution in [0.15, 0.2) is 28.7 Å². The summed E-state index contributed by atoms with van der Waals surface area (Å²) in [5, 5.41) is 2.13. The topological polar surface area (TPSA) is 66.5 Å². The van der Waals surface area contributed by atoms with Crippen LogP contribution in [0.3, 0.4) is 0 Å². The molecule has 0 saturated carbocycles. The van der Waals surface area contributed by atoms with Gasteiger partial charge in [0.15, 0.2) is 0 Å². The minimum Gasteiger partial charge on any atom is -0.277 e. The maximum absolute atomic E-state index is 12.2. The molecule has 96 valence electrons. The third-order valence-corrected chi connectivity index (χ3v) is 3.18. The van der Waals surface area contributed by atoms with Crippen molar-refractivity contribution in [3.8, 4) is 12.3 Å². The second-order valence-electron chi connectivity index (χ2n) is 3.91. The van der Waals surface area contributed by atoms with Gasteiger partial charge < -0.3 is 0 Å².